The van der Waals surface area contributed by atoms with E-state index in [1.807, 2.05) is 18.7 Å². The Labute approximate surface area is 114 Å². The van der Waals surface area contributed by atoms with Crippen LogP contribution in [0.3, 0.4) is 0 Å². The normalized spacial score (nSPS) is 23.4. The van der Waals surface area contributed by atoms with Crippen LogP contribution in [0.5, 0.6) is 0 Å². The second-order valence-corrected chi connectivity index (χ2v) is 5.69. The van der Waals surface area contributed by atoms with Gasteiger partial charge in [0.2, 0.25) is 0 Å². The van der Waals surface area contributed by atoms with Gasteiger partial charge in [0.25, 0.3) is 5.91 Å². The zero-order valence-electron chi connectivity index (χ0n) is 11.7. The number of nitrogens with zero attached hydrogens (tertiary/aromatic N) is 2. The zero-order valence-corrected chi connectivity index (χ0v) is 11.7. The van der Waals surface area contributed by atoms with E-state index in [0.29, 0.717) is 6.54 Å². The molecule has 4 heteroatoms. The summed E-state index contributed by atoms with van der Waals surface area (Å²) in [7, 11) is 0. The molecule has 1 aliphatic rings. The lowest BCUT2D eigenvalue weighted by Gasteiger charge is -2.39. The van der Waals surface area contributed by atoms with Crippen LogP contribution in [0.4, 0.5) is 0 Å². The zero-order chi connectivity index (χ0) is 13.9. The van der Waals surface area contributed by atoms with Crippen LogP contribution in [0.15, 0.2) is 18.5 Å². The Hall–Kier alpha value is -1.42. The summed E-state index contributed by atoms with van der Waals surface area (Å²) < 4.78 is 0. The molecule has 0 aliphatic carbocycles. The number of piperidine rings is 1. The van der Waals surface area contributed by atoms with Crippen LogP contribution >= 0.6 is 0 Å². The molecule has 1 atom stereocenters. The largest absolute Gasteiger partial charge is 0.396 e. The predicted molar refractivity (Wildman–Crippen MR) is 73.9 cm³/mol. The van der Waals surface area contributed by atoms with Crippen molar-refractivity contribution in [3.63, 3.8) is 0 Å². The molecule has 0 saturated carbocycles. The van der Waals surface area contributed by atoms with Crippen LogP contribution in [-0.2, 0) is 6.42 Å². The minimum Gasteiger partial charge on any atom is -0.396 e. The van der Waals surface area contributed by atoms with Crippen LogP contribution in [0, 0.1) is 5.41 Å². The van der Waals surface area contributed by atoms with E-state index in [1.54, 1.807) is 18.5 Å². The molecular weight excluding hydrogens is 240 g/mol. The van der Waals surface area contributed by atoms with E-state index in [2.05, 4.69) is 4.98 Å². The Kier molecular flexibility index (Phi) is 4.20. The molecule has 1 aromatic heterocycles. The van der Waals surface area contributed by atoms with Crippen LogP contribution in [0.1, 0.15) is 42.6 Å². The van der Waals surface area contributed by atoms with Crippen molar-refractivity contribution in [2.75, 3.05) is 19.7 Å². The summed E-state index contributed by atoms with van der Waals surface area (Å²) in [6, 6.07) is 1.80. The van der Waals surface area contributed by atoms with E-state index in [4.69, 9.17) is 0 Å². The van der Waals surface area contributed by atoms with Crippen molar-refractivity contribution in [3.8, 4) is 0 Å². The Morgan fingerprint density at radius 3 is 3.05 bits per heavy atom. The van der Waals surface area contributed by atoms with Gasteiger partial charge >= 0.3 is 0 Å². The number of aliphatic hydroxyl groups excluding tert-OH is 1. The molecule has 2 rings (SSSR count). The fourth-order valence-corrected chi connectivity index (χ4v) is 2.71. The standard InChI is InChI=1S/C15H22N2O2/c1-3-12-9-16-7-5-13(12)14(19)17-8-4-6-15(2,10-17)11-18/h5,7,9,18H,3-4,6,8,10-11H2,1-2H3. The average molecular weight is 262 g/mol. The van der Waals surface area contributed by atoms with Crippen molar-refractivity contribution in [2.45, 2.75) is 33.1 Å². The van der Waals surface area contributed by atoms with Crippen LogP contribution < -0.4 is 0 Å². The number of aryl methyl sites for hydroxylation is 1. The molecule has 1 amide bonds. The summed E-state index contributed by atoms with van der Waals surface area (Å²) in [4.78, 5) is 18.5. The minimum atomic E-state index is -0.159. The highest BCUT2D eigenvalue weighted by Crippen LogP contribution is 2.29. The molecule has 1 aromatic rings. The predicted octanol–water partition coefficient (Wildman–Crippen LogP) is 1.88. The number of rotatable bonds is 3. The smallest absolute Gasteiger partial charge is 0.254 e. The molecule has 19 heavy (non-hydrogen) atoms. The van der Waals surface area contributed by atoms with Crippen molar-refractivity contribution in [1.82, 2.24) is 9.88 Å². The second-order valence-electron chi connectivity index (χ2n) is 5.69. The van der Waals surface area contributed by atoms with Gasteiger partial charge in [-0.05, 0) is 30.9 Å². The Bertz CT molecular complexity index is 461. The Morgan fingerprint density at radius 2 is 2.37 bits per heavy atom. The Morgan fingerprint density at radius 1 is 1.58 bits per heavy atom. The van der Waals surface area contributed by atoms with E-state index >= 15 is 0 Å². The number of carbonyl (C=O) groups excluding carboxylic acids is 1. The van der Waals surface area contributed by atoms with Crippen LogP contribution in [0.2, 0.25) is 0 Å². The van der Waals surface area contributed by atoms with E-state index in [-0.39, 0.29) is 17.9 Å². The summed E-state index contributed by atoms with van der Waals surface area (Å²) in [6.07, 6.45) is 6.17. The lowest BCUT2D eigenvalue weighted by atomic mass is 9.82. The molecule has 1 N–H and O–H groups in total. The number of carbonyl (C=O) groups is 1. The van der Waals surface area contributed by atoms with E-state index in [9.17, 15) is 9.90 Å². The first-order valence-electron chi connectivity index (χ1n) is 6.92. The molecule has 0 spiro atoms. The van der Waals surface area contributed by atoms with E-state index in [0.717, 1.165) is 36.9 Å². The molecule has 0 bridgehead atoms. The van der Waals surface area contributed by atoms with Crippen molar-refractivity contribution in [1.29, 1.82) is 0 Å². The van der Waals surface area contributed by atoms with Gasteiger partial charge in [-0.2, -0.15) is 0 Å². The number of likely N-dealkylation sites (tertiary alicyclic amines) is 1. The number of aliphatic hydroxyl groups is 1. The number of pyridine rings is 1. The monoisotopic (exact) mass is 262 g/mol. The average Bonchev–Trinajstić information content (AvgIpc) is 2.46. The van der Waals surface area contributed by atoms with E-state index in [1.165, 1.54) is 0 Å². The second kappa shape index (κ2) is 5.70. The number of aromatic nitrogens is 1. The number of amides is 1. The summed E-state index contributed by atoms with van der Waals surface area (Å²) in [6.45, 7) is 5.61. The lowest BCUT2D eigenvalue weighted by Crippen LogP contribution is -2.46. The molecule has 1 saturated heterocycles. The van der Waals surface area contributed by atoms with Crippen molar-refractivity contribution < 1.29 is 9.90 Å². The third kappa shape index (κ3) is 2.95. The van der Waals surface area contributed by atoms with Gasteiger partial charge in [-0.25, -0.2) is 0 Å². The summed E-state index contributed by atoms with van der Waals surface area (Å²) in [5.74, 6) is 0.0682. The summed E-state index contributed by atoms with van der Waals surface area (Å²) in [5.41, 5.74) is 1.58. The third-order valence-corrected chi connectivity index (χ3v) is 3.96. The van der Waals surface area contributed by atoms with Gasteiger partial charge in [0, 0.05) is 36.5 Å². The summed E-state index contributed by atoms with van der Waals surface area (Å²) in [5, 5.41) is 9.47. The van der Waals surface area contributed by atoms with Gasteiger partial charge in [-0.1, -0.05) is 13.8 Å². The molecule has 4 nitrogen and oxygen atoms in total. The first kappa shape index (κ1) is 14.0. The maximum Gasteiger partial charge on any atom is 0.254 e. The molecular formula is C15H22N2O2. The highest BCUT2D eigenvalue weighted by Gasteiger charge is 2.33. The third-order valence-electron chi connectivity index (χ3n) is 3.96. The molecule has 1 aliphatic heterocycles. The van der Waals surface area contributed by atoms with Crippen LogP contribution in [0.25, 0.3) is 0 Å². The fraction of sp³-hybridized carbons (Fsp3) is 0.600. The van der Waals surface area contributed by atoms with Gasteiger partial charge in [-0.15, -0.1) is 0 Å². The van der Waals surface area contributed by atoms with E-state index < -0.39 is 0 Å². The highest BCUT2D eigenvalue weighted by molar-refractivity contribution is 5.95. The van der Waals surface area contributed by atoms with Crippen molar-refractivity contribution >= 4 is 5.91 Å². The van der Waals surface area contributed by atoms with Gasteiger partial charge in [-0.3, -0.25) is 9.78 Å². The molecule has 0 aromatic carbocycles. The number of hydrogen-bond donors (Lipinski definition) is 1. The first-order valence-corrected chi connectivity index (χ1v) is 6.92. The quantitative estimate of drug-likeness (QED) is 0.905. The van der Waals surface area contributed by atoms with Gasteiger partial charge in [0.1, 0.15) is 0 Å². The maximum absolute atomic E-state index is 12.6. The topological polar surface area (TPSA) is 53.4 Å². The van der Waals surface area contributed by atoms with Gasteiger partial charge < -0.3 is 10.0 Å². The number of hydrogen-bond acceptors (Lipinski definition) is 3. The summed E-state index contributed by atoms with van der Waals surface area (Å²) >= 11 is 0. The minimum absolute atomic E-state index is 0.0682. The maximum atomic E-state index is 12.6. The molecule has 104 valence electrons. The molecule has 1 fully saturated rings. The van der Waals surface area contributed by atoms with Crippen molar-refractivity contribution in [3.05, 3.63) is 29.6 Å². The van der Waals surface area contributed by atoms with Gasteiger partial charge in [0.05, 0.1) is 6.61 Å². The molecule has 1 unspecified atom stereocenters. The molecule has 0 radical (unpaired) electrons. The van der Waals surface area contributed by atoms with Crippen molar-refractivity contribution in [2.24, 2.45) is 5.41 Å². The highest BCUT2D eigenvalue weighted by atomic mass is 16.3. The first-order chi connectivity index (χ1) is 9.09. The molecule has 2 heterocycles. The lowest BCUT2D eigenvalue weighted by molar-refractivity contribution is 0.0357. The van der Waals surface area contributed by atoms with Crippen LogP contribution in [-0.4, -0.2) is 40.6 Å². The fourth-order valence-electron chi connectivity index (χ4n) is 2.71. The SMILES string of the molecule is CCc1cnccc1C(=O)N1CCCC(C)(CO)C1. The Balaban J connectivity index is 2.19. The van der Waals surface area contributed by atoms with Gasteiger partial charge in [0.15, 0.2) is 0 Å².